The number of nitrogens with one attached hydrogen (secondary N) is 1. The number of amides is 1. The van der Waals surface area contributed by atoms with Gasteiger partial charge in [0.2, 0.25) is 5.91 Å². The van der Waals surface area contributed by atoms with Crippen molar-refractivity contribution in [2.75, 3.05) is 13.2 Å². The van der Waals surface area contributed by atoms with Gasteiger partial charge in [0, 0.05) is 0 Å². The lowest BCUT2D eigenvalue weighted by atomic mass is 9.76. The SMILES string of the molecule is CCC1CCC(C#N)(NC(=O)CCOCC(F)F)CC1. The first-order chi connectivity index (χ1) is 9.51. The number of carbonyl (C=O) groups excluding carboxylic acids is 1. The molecule has 1 fully saturated rings. The van der Waals surface area contributed by atoms with E-state index in [1.165, 1.54) is 0 Å². The summed E-state index contributed by atoms with van der Waals surface area (Å²) in [5, 5.41) is 12.0. The molecule has 4 nitrogen and oxygen atoms in total. The van der Waals surface area contributed by atoms with Crippen LogP contribution in [0.5, 0.6) is 0 Å². The lowest BCUT2D eigenvalue weighted by molar-refractivity contribution is -0.124. The Hall–Kier alpha value is -1.22. The van der Waals surface area contributed by atoms with Crippen molar-refractivity contribution in [3.05, 3.63) is 0 Å². The van der Waals surface area contributed by atoms with Gasteiger partial charge in [0.1, 0.15) is 12.1 Å². The first-order valence-corrected chi connectivity index (χ1v) is 7.09. The highest BCUT2D eigenvalue weighted by Gasteiger charge is 2.36. The summed E-state index contributed by atoms with van der Waals surface area (Å²) >= 11 is 0. The molecule has 0 atom stereocenters. The predicted molar refractivity (Wildman–Crippen MR) is 70.2 cm³/mol. The lowest BCUT2D eigenvalue weighted by Gasteiger charge is -2.35. The van der Waals surface area contributed by atoms with Crippen molar-refractivity contribution in [3.8, 4) is 6.07 Å². The van der Waals surface area contributed by atoms with E-state index >= 15 is 0 Å². The number of carbonyl (C=O) groups is 1. The summed E-state index contributed by atoms with van der Waals surface area (Å²) in [6, 6.07) is 2.21. The van der Waals surface area contributed by atoms with Gasteiger partial charge in [-0.2, -0.15) is 5.26 Å². The van der Waals surface area contributed by atoms with Gasteiger partial charge in [0.15, 0.2) is 0 Å². The molecule has 20 heavy (non-hydrogen) atoms. The van der Waals surface area contributed by atoms with E-state index in [1.54, 1.807) is 0 Å². The Morgan fingerprint density at radius 2 is 2.15 bits per heavy atom. The molecule has 0 aromatic rings. The van der Waals surface area contributed by atoms with Crippen molar-refractivity contribution in [3.63, 3.8) is 0 Å². The zero-order chi connectivity index (χ0) is 15.0. The molecule has 0 aromatic carbocycles. The van der Waals surface area contributed by atoms with Crippen LogP contribution in [0, 0.1) is 17.2 Å². The summed E-state index contributed by atoms with van der Waals surface area (Å²) in [5.41, 5.74) is -0.786. The third-order valence-electron chi connectivity index (χ3n) is 3.85. The van der Waals surface area contributed by atoms with Gasteiger partial charge in [-0.1, -0.05) is 13.3 Å². The fourth-order valence-corrected chi connectivity index (χ4v) is 2.51. The number of hydrogen-bond donors (Lipinski definition) is 1. The summed E-state index contributed by atoms with van der Waals surface area (Å²) in [6.45, 7) is 1.42. The van der Waals surface area contributed by atoms with E-state index in [9.17, 15) is 18.8 Å². The number of ether oxygens (including phenoxy) is 1. The van der Waals surface area contributed by atoms with E-state index in [1.807, 2.05) is 0 Å². The standard InChI is InChI=1S/C14H22F2N2O2/c1-2-11-3-6-14(10-17,7-4-11)18-13(19)5-8-20-9-12(15)16/h11-12H,2-9H2,1H3,(H,18,19). The molecule has 0 radical (unpaired) electrons. The van der Waals surface area contributed by atoms with Crippen LogP contribution in [-0.2, 0) is 9.53 Å². The number of rotatable bonds is 7. The van der Waals surface area contributed by atoms with Crippen LogP contribution in [0.25, 0.3) is 0 Å². The zero-order valence-corrected chi connectivity index (χ0v) is 11.8. The van der Waals surface area contributed by atoms with Gasteiger partial charge >= 0.3 is 0 Å². The van der Waals surface area contributed by atoms with Crippen molar-refractivity contribution < 1.29 is 18.3 Å². The van der Waals surface area contributed by atoms with Crippen LogP contribution in [0.3, 0.4) is 0 Å². The molecule has 0 aromatic heterocycles. The van der Waals surface area contributed by atoms with Crippen LogP contribution < -0.4 is 5.32 Å². The Labute approximate surface area is 118 Å². The predicted octanol–water partition coefficient (Wildman–Crippen LogP) is 2.64. The Morgan fingerprint density at radius 1 is 1.50 bits per heavy atom. The quantitative estimate of drug-likeness (QED) is 0.732. The molecule has 1 N–H and O–H groups in total. The average Bonchev–Trinajstić information content (AvgIpc) is 2.44. The monoisotopic (exact) mass is 288 g/mol. The van der Waals surface area contributed by atoms with Gasteiger partial charge in [-0.05, 0) is 31.6 Å². The second kappa shape index (κ2) is 8.15. The highest BCUT2D eigenvalue weighted by molar-refractivity contribution is 5.77. The summed E-state index contributed by atoms with van der Waals surface area (Å²) in [6.07, 6.45) is 1.77. The third kappa shape index (κ3) is 5.41. The molecule has 0 saturated heterocycles. The number of alkyl halides is 2. The number of nitriles is 1. The van der Waals surface area contributed by atoms with Gasteiger partial charge in [-0.25, -0.2) is 8.78 Å². The summed E-state index contributed by atoms with van der Waals surface area (Å²) in [7, 11) is 0. The first kappa shape index (κ1) is 16.8. The van der Waals surface area contributed by atoms with Crippen molar-refractivity contribution in [2.24, 2.45) is 5.92 Å². The molecule has 0 heterocycles. The molecule has 1 saturated carbocycles. The van der Waals surface area contributed by atoms with E-state index in [-0.39, 0.29) is 18.9 Å². The molecule has 1 amide bonds. The molecule has 1 aliphatic rings. The van der Waals surface area contributed by atoms with Crippen molar-refractivity contribution in [1.29, 1.82) is 5.26 Å². The molecular weight excluding hydrogens is 266 g/mol. The van der Waals surface area contributed by atoms with Crippen LogP contribution in [0.2, 0.25) is 0 Å². The normalized spacial score (nSPS) is 26.2. The fraction of sp³-hybridized carbons (Fsp3) is 0.857. The second-order valence-electron chi connectivity index (χ2n) is 5.31. The number of halogens is 2. The minimum atomic E-state index is -2.52. The van der Waals surface area contributed by atoms with Crippen molar-refractivity contribution >= 4 is 5.91 Å². The maximum atomic E-state index is 11.8. The Balaban J connectivity index is 2.33. The Kier molecular flexibility index (Phi) is 6.86. The van der Waals surface area contributed by atoms with E-state index in [0.29, 0.717) is 18.8 Å². The van der Waals surface area contributed by atoms with Gasteiger partial charge in [0.25, 0.3) is 6.43 Å². The summed E-state index contributed by atoms with van der Waals surface area (Å²) < 4.78 is 28.4. The van der Waals surface area contributed by atoms with Crippen LogP contribution >= 0.6 is 0 Å². The number of hydrogen-bond acceptors (Lipinski definition) is 3. The maximum absolute atomic E-state index is 11.8. The van der Waals surface area contributed by atoms with E-state index < -0.39 is 18.6 Å². The molecular formula is C14H22F2N2O2. The Bertz CT molecular complexity index is 348. The molecule has 0 aliphatic heterocycles. The Morgan fingerprint density at radius 3 is 2.65 bits per heavy atom. The summed E-state index contributed by atoms with van der Waals surface area (Å²) in [5.74, 6) is 0.318. The lowest BCUT2D eigenvalue weighted by Crippen LogP contribution is -2.49. The largest absolute Gasteiger partial charge is 0.375 e. The molecule has 0 spiro atoms. The zero-order valence-electron chi connectivity index (χ0n) is 11.8. The summed E-state index contributed by atoms with van der Waals surface area (Å²) in [4.78, 5) is 11.7. The first-order valence-electron chi connectivity index (χ1n) is 7.09. The average molecular weight is 288 g/mol. The highest BCUT2D eigenvalue weighted by atomic mass is 19.3. The van der Waals surface area contributed by atoms with Gasteiger partial charge < -0.3 is 10.1 Å². The molecule has 0 unspecified atom stereocenters. The molecule has 6 heteroatoms. The van der Waals surface area contributed by atoms with Gasteiger partial charge in [-0.3, -0.25) is 4.79 Å². The number of nitrogens with zero attached hydrogens (tertiary/aromatic N) is 1. The van der Waals surface area contributed by atoms with Gasteiger partial charge in [0.05, 0.1) is 19.1 Å². The molecule has 1 rings (SSSR count). The molecule has 0 bridgehead atoms. The highest BCUT2D eigenvalue weighted by Crippen LogP contribution is 2.33. The van der Waals surface area contributed by atoms with E-state index in [4.69, 9.17) is 0 Å². The fourth-order valence-electron chi connectivity index (χ4n) is 2.51. The van der Waals surface area contributed by atoms with Crippen LogP contribution in [-0.4, -0.2) is 31.1 Å². The van der Waals surface area contributed by atoms with Crippen LogP contribution in [0.4, 0.5) is 8.78 Å². The maximum Gasteiger partial charge on any atom is 0.261 e. The van der Waals surface area contributed by atoms with Crippen LogP contribution in [0.1, 0.15) is 45.4 Å². The van der Waals surface area contributed by atoms with E-state index in [2.05, 4.69) is 23.0 Å². The van der Waals surface area contributed by atoms with Crippen molar-refractivity contribution in [1.82, 2.24) is 5.32 Å². The smallest absolute Gasteiger partial charge is 0.261 e. The van der Waals surface area contributed by atoms with E-state index in [0.717, 1.165) is 19.3 Å². The molecule has 1 aliphatic carbocycles. The van der Waals surface area contributed by atoms with Crippen LogP contribution in [0.15, 0.2) is 0 Å². The van der Waals surface area contributed by atoms with Gasteiger partial charge in [-0.15, -0.1) is 0 Å². The minimum absolute atomic E-state index is 0.00730. The van der Waals surface area contributed by atoms with Crippen molar-refractivity contribution in [2.45, 2.75) is 57.4 Å². The minimum Gasteiger partial charge on any atom is -0.375 e. The second-order valence-corrected chi connectivity index (χ2v) is 5.31. The topological polar surface area (TPSA) is 62.1 Å². The third-order valence-corrected chi connectivity index (χ3v) is 3.85. The molecule has 114 valence electrons.